The molecule has 0 spiro atoms. The molecule has 2 atom stereocenters. The molecular formula is C13H13NO. The van der Waals surface area contributed by atoms with E-state index in [1.807, 2.05) is 30.3 Å². The van der Waals surface area contributed by atoms with Gasteiger partial charge in [-0.15, -0.1) is 0 Å². The number of ether oxygens (including phenoxy) is 1. The third-order valence-electron chi connectivity index (χ3n) is 2.89. The Morgan fingerprint density at radius 1 is 1.20 bits per heavy atom. The topological polar surface area (TPSA) is 21.6 Å². The molecule has 1 aromatic carbocycles. The van der Waals surface area contributed by atoms with Gasteiger partial charge in [0.05, 0.1) is 6.04 Å². The van der Waals surface area contributed by atoms with E-state index in [1.165, 1.54) is 0 Å². The van der Waals surface area contributed by atoms with E-state index in [-0.39, 0.29) is 6.10 Å². The summed E-state index contributed by atoms with van der Waals surface area (Å²) in [6.07, 6.45) is 6.72. The highest BCUT2D eigenvalue weighted by Crippen LogP contribution is 2.25. The van der Waals surface area contributed by atoms with Gasteiger partial charge in [0.25, 0.3) is 0 Å². The fourth-order valence-corrected chi connectivity index (χ4v) is 2.08. The summed E-state index contributed by atoms with van der Waals surface area (Å²) >= 11 is 0. The average molecular weight is 199 g/mol. The second kappa shape index (κ2) is 3.54. The first-order valence-corrected chi connectivity index (χ1v) is 5.40. The molecular weight excluding hydrogens is 186 g/mol. The number of rotatable bonds is 1. The van der Waals surface area contributed by atoms with Crippen LogP contribution < -0.4 is 0 Å². The van der Waals surface area contributed by atoms with Crippen LogP contribution in [-0.4, -0.2) is 18.0 Å². The van der Waals surface area contributed by atoms with E-state index in [4.69, 9.17) is 4.74 Å². The smallest absolute Gasteiger partial charge is 0.217 e. The summed E-state index contributed by atoms with van der Waals surface area (Å²) in [5, 5.41) is 0. The Bertz CT molecular complexity index is 408. The van der Waals surface area contributed by atoms with Gasteiger partial charge in [-0.3, -0.25) is 0 Å². The standard InChI is InChI=1S/C13H13NO/c1-2-6-10(7-3-1)13-14-11-8-4-5-9-12(11)15-13/h1-3,5-7,9,11-12H,4,8H2/t11-,12+/m0/s1. The van der Waals surface area contributed by atoms with Gasteiger partial charge in [-0.25, -0.2) is 4.99 Å². The Balaban J connectivity index is 1.88. The molecule has 15 heavy (non-hydrogen) atoms. The minimum atomic E-state index is 0.175. The molecule has 3 rings (SSSR count). The summed E-state index contributed by atoms with van der Waals surface area (Å²) in [6.45, 7) is 0. The SMILES string of the molecule is C1=C[C@H]2OC(c3ccccc3)=N[C@H]2CC1. The molecule has 0 radical (unpaired) electrons. The van der Waals surface area contributed by atoms with Crippen LogP contribution in [0.25, 0.3) is 0 Å². The lowest BCUT2D eigenvalue weighted by atomic mass is 10.0. The van der Waals surface area contributed by atoms with Crippen molar-refractivity contribution in [1.82, 2.24) is 0 Å². The highest BCUT2D eigenvalue weighted by molar-refractivity contribution is 5.95. The molecule has 0 bridgehead atoms. The zero-order valence-electron chi connectivity index (χ0n) is 8.47. The summed E-state index contributed by atoms with van der Waals surface area (Å²) in [4.78, 5) is 4.62. The van der Waals surface area contributed by atoms with Crippen molar-refractivity contribution in [2.45, 2.75) is 25.0 Å². The molecule has 0 saturated carbocycles. The molecule has 1 aliphatic carbocycles. The van der Waals surface area contributed by atoms with Crippen LogP contribution in [0, 0.1) is 0 Å². The molecule has 1 aromatic rings. The highest BCUT2D eigenvalue weighted by Gasteiger charge is 2.30. The van der Waals surface area contributed by atoms with Crippen molar-refractivity contribution in [3.8, 4) is 0 Å². The Kier molecular flexibility index (Phi) is 2.05. The maximum atomic E-state index is 5.81. The van der Waals surface area contributed by atoms with Crippen LogP contribution in [0.15, 0.2) is 47.5 Å². The van der Waals surface area contributed by atoms with Crippen molar-refractivity contribution in [1.29, 1.82) is 0 Å². The summed E-state index contributed by atoms with van der Waals surface area (Å²) in [6, 6.07) is 10.5. The van der Waals surface area contributed by atoms with Crippen molar-refractivity contribution in [2.24, 2.45) is 4.99 Å². The fraction of sp³-hybridized carbons (Fsp3) is 0.308. The second-order valence-electron chi connectivity index (χ2n) is 3.96. The first kappa shape index (κ1) is 8.72. The number of hydrogen-bond donors (Lipinski definition) is 0. The number of benzene rings is 1. The summed E-state index contributed by atoms with van der Waals surface area (Å²) in [5.41, 5.74) is 1.08. The number of hydrogen-bond acceptors (Lipinski definition) is 2. The van der Waals surface area contributed by atoms with Crippen LogP contribution in [0.1, 0.15) is 18.4 Å². The molecule has 76 valence electrons. The van der Waals surface area contributed by atoms with Gasteiger partial charge in [0.15, 0.2) is 0 Å². The van der Waals surface area contributed by atoms with Crippen molar-refractivity contribution in [3.63, 3.8) is 0 Å². The molecule has 0 amide bonds. The molecule has 0 N–H and O–H groups in total. The minimum absolute atomic E-state index is 0.175. The normalized spacial score (nSPS) is 28.1. The van der Waals surface area contributed by atoms with E-state index in [2.05, 4.69) is 17.1 Å². The van der Waals surface area contributed by atoms with E-state index in [0.717, 1.165) is 24.3 Å². The average Bonchev–Trinajstić information content (AvgIpc) is 2.74. The van der Waals surface area contributed by atoms with Gasteiger partial charge in [-0.1, -0.05) is 24.3 Å². The first-order valence-electron chi connectivity index (χ1n) is 5.40. The van der Waals surface area contributed by atoms with Gasteiger partial charge in [0, 0.05) is 5.56 Å². The summed E-state index contributed by atoms with van der Waals surface area (Å²) < 4.78 is 5.81. The lowest BCUT2D eigenvalue weighted by Gasteiger charge is -2.16. The quantitative estimate of drug-likeness (QED) is 0.637. The summed E-state index contributed by atoms with van der Waals surface area (Å²) in [5.74, 6) is 0.803. The van der Waals surface area contributed by atoms with Gasteiger partial charge in [0.2, 0.25) is 5.90 Å². The monoisotopic (exact) mass is 199 g/mol. The number of nitrogens with zero attached hydrogens (tertiary/aromatic N) is 1. The third kappa shape index (κ3) is 1.56. The zero-order chi connectivity index (χ0) is 10.1. The predicted molar refractivity (Wildman–Crippen MR) is 60.0 cm³/mol. The van der Waals surface area contributed by atoms with E-state index in [1.54, 1.807) is 0 Å². The van der Waals surface area contributed by atoms with E-state index in [0.29, 0.717) is 6.04 Å². The third-order valence-corrected chi connectivity index (χ3v) is 2.89. The molecule has 0 fully saturated rings. The lowest BCUT2D eigenvalue weighted by Crippen LogP contribution is -2.22. The van der Waals surface area contributed by atoms with E-state index < -0.39 is 0 Å². The second-order valence-corrected chi connectivity index (χ2v) is 3.96. The van der Waals surface area contributed by atoms with Crippen LogP contribution >= 0.6 is 0 Å². The van der Waals surface area contributed by atoms with Gasteiger partial charge in [-0.05, 0) is 31.1 Å². The molecule has 2 aliphatic rings. The molecule has 1 heterocycles. The molecule has 1 aliphatic heterocycles. The molecule has 2 heteroatoms. The molecule has 2 nitrogen and oxygen atoms in total. The van der Waals surface area contributed by atoms with Gasteiger partial charge in [0.1, 0.15) is 6.10 Å². The number of aliphatic imine (C=N–C) groups is 1. The van der Waals surface area contributed by atoms with E-state index in [9.17, 15) is 0 Å². The van der Waals surface area contributed by atoms with Crippen LogP contribution in [0.5, 0.6) is 0 Å². The maximum absolute atomic E-state index is 5.81. The molecule has 0 unspecified atom stereocenters. The van der Waals surface area contributed by atoms with Gasteiger partial charge >= 0.3 is 0 Å². The first-order chi connectivity index (χ1) is 7.43. The van der Waals surface area contributed by atoms with Crippen molar-refractivity contribution in [2.75, 3.05) is 0 Å². The molecule has 0 saturated heterocycles. The van der Waals surface area contributed by atoms with Crippen LogP contribution in [0.2, 0.25) is 0 Å². The number of fused-ring (bicyclic) bond motifs is 1. The minimum Gasteiger partial charge on any atom is -0.468 e. The molecule has 0 aromatic heterocycles. The largest absolute Gasteiger partial charge is 0.468 e. The fourth-order valence-electron chi connectivity index (χ4n) is 2.08. The van der Waals surface area contributed by atoms with Crippen molar-refractivity contribution < 1.29 is 4.74 Å². The Hall–Kier alpha value is -1.57. The van der Waals surface area contributed by atoms with Gasteiger partial charge in [-0.2, -0.15) is 0 Å². The van der Waals surface area contributed by atoms with E-state index >= 15 is 0 Å². The lowest BCUT2D eigenvalue weighted by molar-refractivity contribution is 0.231. The van der Waals surface area contributed by atoms with Crippen molar-refractivity contribution in [3.05, 3.63) is 48.0 Å². The van der Waals surface area contributed by atoms with Crippen LogP contribution in [0.4, 0.5) is 0 Å². The highest BCUT2D eigenvalue weighted by atomic mass is 16.5. The summed E-state index contributed by atoms with van der Waals surface area (Å²) in [7, 11) is 0. The number of allylic oxidation sites excluding steroid dienone is 1. The van der Waals surface area contributed by atoms with Crippen molar-refractivity contribution >= 4 is 5.90 Å². The Labute approximate surface area is 89.3 Å². The van der Waals surface area contributed by atoms with Crippen LogP contribution in [-0.2, 0) is 4.74 Å². The zero-order valence-corrected chi connectivity index (χ0v) is 8.47. The Morgan fingerprint density at radius 3 is 2.87 bits per heavy atom. The maximum Gasteiger partial charge on any atom is 0.217 e. The van der Waals surface area contributed by atoms with Crippen LogP contribution in [0.3, 0.4) is 0 Å². The Morgan fingerprint density at radius 2 is 2.07 bits per heavy atom. The predicted octanol–water partition coefficient (Wildman–Crippen LogP) is 2.55. The van der Waals surface area contributed by atoms with Gasteiger partial charge < -0.3 is 4.74 Å².